The quantitative estimate of drug-likeness (QED) is 0.445. The molecule has 1 N–H and O–H groups in total. The normalized spacial score (nSPS) is 10.5. The van der Waals surface area contributed by atoms with Crippen LogP contribution < -0.4 is 14.8 Å². The number of rotatable bonds is 8. The number of nitro groups is 1. The van der Waals surface area contributed by atoms with Crippen molar-refractivity contribution >= 4 is 5.69 Å². The first kappa shape index (κ1) is 15.2. The van der Waals surface area contributed by atoms with Gasteiger partial charge < -0.3 is 14.8 Å². The first-order valence-corrected chi connectivity index (χ1v) is 6.23. The topological polar surface area (TPSA) is 73.6 Å². The first-order chi connectivity index (χ1) is 9.06. The Morgan fingerprint density at radius 1 is 1.37 bits per heavy atom. The first-order valence-electron chi connectivity index (χ1n) is 6.23. The Kier molecular flexibility index (Phi) is 6.08. The summed E-state index contributed by atoms with van der Waals surface area (Å²) in [5.74, 6) is 0.455. The smallest absolute Gasteiger partial charge is 0.352 e. The van der Waals surface area contributed by atoms with E-state index in [-0.39, 0.29) is 17.2 Å². The summed E-state index contributed by atoms with van der Waals surface area (Å²) >= 11 is 0. The second-order valence-corrected chi connectivity index (χ2v) is 4.37. The van der Waals surface area contributed by atoms with Crippen LogP contribution in [0.3, 0.4) is 0 Å². The van der Waals surface area contributed by atoms with E-state index in [1.807, 2.05) is 0 Å². The average Bonchev–Trinajstić information content (AvgIpc) is 2.37. The second-order valence-electron chi connectivity index (χ2n) is 4.37. The summed E-state index contributed by atoms with van der Waals surface area (Å²) in [5.41, 5.74) is -0.123. The van der Waals surface area contributed by atoms with Gasteiger partial charge in [-0.25, -0.2) is 0 Å². The number of methoxy groups -OCH3 is 1. The SMILES string of the molecule is COc1cccc(OCCCNC(C)C)c1[N+](=O)[O-]. The highest BCUT2D eigenvalue weighted by Gasteiger charge is 2.21. The molecule has 0 atom stereocenters. The van der Waals surface area contributed by atoms with Crippen LogP contribution in [-0.2, 0) is 0 Å². The van der Waals surface area contributed by atoms with Gasteiger partial charge in [-0.15, -0.1) is 0 Å². The molecule has 1 rings (SSSR count). The molecule has 0 unspecified atom stereocenters. The van der Waals surface area contributed by atoms with Crippen LogP contribution in [0.2, 0.25) is 0 Å². The molecule has 0 radical (unpaired) electrons. The van der Waals surface area contributed by atoms with E-state index < -0.39 is 4.92 Å². The molecule has 6 nitrogen and oxygen atoms in total. The van der Waals surface area contributed by atoms with Crippen molar-refractivity contribution < 1.29 is 14.4 Å². The third-order valence-electron chi connectivity index (χ3n) is 2.50. The zero-order valence-corrected chi connectivity index (χ0v) is 11.5. The van der Waals surface area contributed by atoms with E-state index in [2.05, 4.69) is 19.2 Å². The van der Waals surface area contributed by atoms with E-state index in [0.717, 1.165) is 13.0 Å². The third-order valence-corrected chi connectivity index (χ3v) is 2.50. The Labute approximate surface area is 112 Å². The molecule has 0 amide bonds. The van der Waals surface area contributed by atoms with Crippen molar-refractivity contribution in [1.29, 1.82) is 0 Å². The summed E-state index contributed by atoms with van der Waals surface area (Å²) in [5, 5.41) is 14.3. The molecule has 19 heavy (non-hydrogen) atoms. The molecular weight excluding hydrogens is 248 g/mol. The summed E-state index contributed by atoms with van der Waals surface area (Å²) in [7, 11) is 1.40. The number of nitrogens with one attached hydrogen (secondary N) is 1. The molecule has 106 valence electrons. The van der Waals surface area contributed by atoms with E-state index in [0.29, 0.717) is 12.6 Å². The van der Waals surface area contributed by atoms with Crippen molar-refractivity contribution in [2.45, 2.75) is 26.3 Å². The fraction of sp³-hybridized carbons (Fsp3) is 0.538. The third kappa shape index (κ3) is 4.75. The molecule has 0 spiro atoms. The Morgan fingerprint density at radius 3 is 2.63 bits per heavy atom. The molecule has 0 aliphatic rings. The maximum absolute atomic E-state index is 11.0. The highest BCUT2D eigenvalue weighted by Crippen LogP contribution is 2.36. The van der Waals surface area contributed by atoms with Gasteiger partial charge in [-0.3, -0.25) is 10.1 Å². The lowest BCUT2D eigenvalue weighted by Crippen LogP contribution is -2.24. The zero-order valence-electron chi connectivity index (χ0n) is 11.5. The van der Waals surface area contributed by atoms with Crippen molar-refractivity contribution in [3.05, 3.63) is 28.3 Å². The van der Waals surface area contributed by atoms with Crippen LogP contribution in [0.25, 0.3) is 0 Å². The number of hydrogen-bond acceptors (Lipinski definition) is 5. The van der Waals surface area contributed by atoms with Gasteiger partial charge >= 0.3 is 5.69 Å². The Hall–Kier alpha value is -1.82. The maximum atomic E-state index is 11.0. The lowest BCUT2D eigenvalue weighted by molar-refractivity contribution is -0.386. The molecule has 0 saturated heterocycles. The number of hydrogen-bond donors (Lipinski definition) is 1. The summed E-state index contributed by atoms with van der Waals surface area (Å²) in [6.07, 6.45) is 0.784. The molecule has 1 aromatic rings. The van der Waals surface area contributed by atoms with Gasteiger partial charge in [0, 0.05) is 6.04 Å². The fourth-order valence-electron chi connectivity index (χ4n) is 1.61. The minimum atomic E-state index is -0.486. The number of para-hydroxylation sites is 1. The summed E-state index contributed by atoms with van der Waals surface area (Å²) < 4.78 is 10.4. The monoisotopic (exact) mass is 268 g/mol. The highest BCUT2D eigenvalue weighted by molar-refractivity contribution is 5.57. The van der Waals surface area contributed by atoms with Crippen LogP contribution in [0.4, 0.5) is 5.69 Å². The van der Waals surface area contributed by atoms with Gasteiger partial charge in [-0.2, -0.15) is 0 Å². The predicted octanol–water partition coefficient (Wildman–Crippen LogP) is 2.37. The summed E-state index contributed by atoms with van der Waals surface area (Å²) in [6, 6.07) is 5.22. The summed E-state index contributed by atoms with van der Waals surface area (Å²) in [6.45, 7) is 5.37. The van der Waals surface area contributed by atoms with Crippen LogP contribution in [-0.4, -0.2) is 31.2 Å². The molecule has 1 aromatic carbocycles. The number of ether oxygens (including phenoxy) is 2. The van der Waals surface area contributed by atoms with E-state index in [9.17, 15) is 10.1 Å². The van der Waals surface area contributed by atoms with Crippen LogP contribution in [0.5, 0.6) is 11.5 Å². The molecule has 0 aromatic heterocycles. The largest absolute Gasteiger partial charge is 0.490 e. The number of benzene rings is 1. The van der Waals surface area contributed by atoms with Gasteiger partial charge in [0.25, 0.3) is 0 Å². The van der Waals surface area contributed by atoms with Crippen molar-refractivity contribution in [3.63, 3.8) is 0 Å². The van der Waals surface area contributed by atoms with Gasteiger partial charge in [0.15, 0.2) is 0 Å². The van der Waals surface area contributed by atoms with Gasteiger partial charge in [0.2, 0.25) is 11.5 Å². The standard InChI is InChI=1S/C13H20N2O4/c1-10(2)14-8-5-9-19-12-7-4-6-11(18-3)13(12)15(16)17/h4,6-7,10,14H,5,8-9H2,1-3H3. The van der Waals surface area contributed by atoms with Gasteiger partial charge in [0.1, 0.15) is 0 Å². The lowest BCUT2D eigenvalue weighted by atomic mass is 10.2. The van der Waals surface area contributed by atoms with Crippen LogP contribution in [0, 0.1) is 10.1 Å². The fourth-order valence-corrected chi connectivity index (χ4v) is 1.61. The van der Waals surface area contributed by atoms with Crippen molar-refractivity contribution in [3.8, 4) is 11.5 Å². The minimum absolute atomic E-state index is 0.123. The summed E-state index contributed by atoms with van der Waals surface area (Å²) in [4.78, 5) is 10.5. The van der Waals surface area contributed by atoms with Crippen LogP contribution >= 0.6 is 0 Å². The minimum Gasteiger partial charge on any atom is -0.490 e. The van der Waals surface area contributed by atoms with Crippen molar-refractivity contribution in [2.75, 3.05) is 20.3 Å². The zero-order chi connectivity index (χ0) is 14.3. The Morgan fingerprint density at radius 2 is 2.05 bits per heavy atom. The Bertz CT molecular complexity index is 421. The highest BCUT2D eigenvalue weighted by atomic mass is 16.6. The molecule has 0 heterocycles. The van der Waals surface area contributed by atoms with Gasteiger partial charge in [-0.05, 0) is 25.1 Å². The Balaban J connectivity index is 2.60. The number of nitrogens with zero attached hydrogens (tertiary/aromatic N) is 1. The predicted molar refractivity (Wildman–Crippen MR) is 72.9 cm³/mol. The molecule has 0 aliphatic heterocycles. The average molecular weight is 268 g/mol. The van der Waals surface area contributed by atoms with Crippen molar-refractivity contribution in [2.24, 2.45) is 0 Å². The molecular formula is C13H20N2O4. The van der Waals surface area contributed by atoms with E-state index in [1.54, 1.807) is 18.2 Å². The van der Waals surface area contributed by atoms with Crippen LogP contribution in [0.15, 0.2) is 18.2 Å². The second kappa shape index (κ2) is 7.58. The molecule has 0 bridgehead atoms. The van der Waals surface area contributed by atoms with E-state index in [4.69, 9.17) is 9.47 Å². The maximum Gasteiger partial charge on any atom is 0.352 e. The van der Waals surface area contributed by atoms with Gasteiger partial charge in [-0.1, -0.05) is 19.9 Å². The molecule has 0 saturated carbocycles. The van der Waals surface area contributed by atoms with Crippen molar-refractivity contribution in [1.82, 2.24) is 5.32 Å². The molecule has 0 aliphatic carbocycles. The van der Waals surface area contributed by atoms with Gasteiger partial charge in [0.05, 0.1) is 18.6 Å². The van der Waals surface area contributed by atoms with E-state index >= 15 is 0 Å². The molecule has 0 fully saturated rings. The van der Waals surface area contributed by atoms with E-state index in [1.165, 1.54) is 7.11 Å². The molecule has 6 heteroatoms. The van der Waals surface area contributed by atoms with Crippen LogP contribution in [0.1, 0.15) is 20.3 Å². The lowest BCUT2D eigenvalue weighted by Gasteiger charge is -2.10. The number of nitro benzene ring substituents is 1.